The molecule has 0 amide bonds. The zero-order valence-electron chi connectivity index (χ0n) is 15.1. The maximum Gasteiger partial charge on any atom is 0.339 e. The Hall–Kier alpha value is -2.58. The van der Waals surface area contributed by atoms with Crippen LogP contribution in [0.2, 0.25) is 5.02 Å². The van der Waals surface area contributed by atoms with Crippen molar-refractivity contribution in [3.63, 3.8) is 0 Å². The van der Waals surface area contributed by atoms with Crippen molar-refractivity contribution in [2.75, 3.05) is 18.9 Å². The molecule has 27 heavy (non-hydrogen) atoms. The Morgan fingerprint density at radius 1 is 0.963 bits per heavy atom. The first-order chi connectivity index (χ1) is 12.6. The van der Waals surface area contributed by atoms with E-state index in [2.05, 4.69) is 14.2 Å². The second kappa shape index (κ2) is 7.98. The molecule has 0 aliphatic heterocycles. The van der Waals surface area contributed by atoms with Crippen LogP contribution in [0.15, 0.2) is 35.2 Å². The summed E-state index contributed by atoms with van der Waals surface area (Å²) in [5, 5.41) is 0.439. The smallest absolute Gasteiger partial charge is 0.339 e. The fraction of sp³-hybridized carbons (Fsp3) is 0.222. The second-order valence-corrected chi connectivity index (χ2v) is 7.77. The van der Waals surface area contributed by atoms with E-state index in [1.807, 2.05) is 0 Å². The number of nitrogens with one attached hydrogen (secondary N) is 1. The molecule has 0 aromatic heterocycles. The first-order valence-corrected chi connectivity index (χ1v) is 9.57. The van der Waals surface area contributed by atoms with Gasteiger partial charge in [-0.2, -0.15) is 0 Å². The van der Waals surface area contributed by atoms with Gasteiger partial charge in [0.2, 0.25) is 0 Å². The van der Waals surface area contributed by atoms with Crippen LogP contribution in [-0.4, -0.2) is 34.6 Å². The molecular formula is C18H18ClNO6S. The molecule has 0 saturated carbocycles. The topological polar surface area (TPSA) is 98.8 Å². The Morgan fingerprint density at radius 2 is 1.59 bits per heavy atom. The van der Waals surface area contributed by atoms with Crippen LogP contribution in [0.3, 0.4) is 0 Å². The lowest BCUT2D eigenvalue weighted by Gasteiger charge is -2.15. The molecule has 0 bridgehead atoms. The highest BCUT2D eigenvalue weighted by molar-refractivity contribution is 7.92. The Balaban J connectivity index is 2.58. The molecule has 7 nitrogen and oxygen atoms in total. The van der Waals surface area contributed by atoms with Gasteiger partial charge in [0, 0.05) is 5.02 Å². The third kappa shape index (κ3) is 4.40. The molecule has 144 valence electrons. The van der Waals surface area contributed by atoms with Crippen molar-refractivity contribution >= 4 is 39.3 Å². The lowest BCUT2D eigenvalue weighted by Crippen LogP contribution is -2.18. The van der Waals surface area contributed by atoms with Gasteiger partial charge in [0.15, 0.2) is 0 Å². The largest absolute Gasteiger partial charge is 0.465 e. The number of sulfonamides is 1. The summed E-state index contributed by atoms with van der Waals surface area (Å²) >= 11 is 6.03. The van der Waals surface area contributed by atoms with E-state index >= 15 is 0 Å². The second-order valence-electron chi connectivity index (χ2n) is 5.72. The van der Waals surface area contributed by atoms with Crippen molar-refractivity contribution in [2.45, 2.75) is 18.7 Å². The lowest BCUT2D eigenvalue weighted by atomic mass is 10.1. The van der Waals surface area contributed by atoms with Gasteiger partial charge in [-0.25, -0.2) is 18.0 Å². The van der Waals surface area contributed by atoms with Crippen molar-refractivity contribution < 1.29 is 27.5 Å². The van der Waals surface area contributed by atoms with Crippen LogP contribution in [0.25, 0.3) is 0 Å². The molecule has 0 radical (unpaired) electrons. The van der Waals surface area contributed by atoms with E-state index in [0.717, 1.165) is 0 Å². The fourth-order valence-electron chi connectivity index (χ4n) is 2.41. The summed E-state index contributed by atoms with van der Waals surface area (Å²) in [4.78, 5) is 23.7. The molecule has 9 heteroatoms. The number of anilines is 1. The van der Waals surface area contributed by atoms with E-state index in [0.29, 0.717) is 16.1 Å². The van der Waals surface area contributed by atoms with Gasteiger partial charge < -0.3 is 9.47 Å². The number of benzene rings is 2. The van der Waals surface area contributed by atoms with E-state index in [9.17, 15) is 18.0 Å². The van der Waals surface area contributed by atoms with E-state index < -0.39 is 22.0 Å². The standard InChI is InChI=1S/C18H18ClNO6S/c1-10-8-16(11(2)7-14(10)19)27(23,24)20-15-9-12(17(21)25-3)5-6-13(15)18(22)26-4/h5-9,20H,1-4H3. The van der Waals surface area contributed by atoms with Gasteiger partial charge in [0.1, 0.15) is 0 Å². The number of rotatable bonds is 5. The molecule has 2 rings (SSSR count). The van der Waals surface area contributed by atoms with Crippen molar-refractivity contribution in [3.05, 3.63) is 57.6 Å². The van der Waals surface area contributed by atoms with Crippen LogP contribution >= 0.6 is 11.6 Å². The third-order valence-electron chi connectivity index (χ3n) is 3.84. The number of hydrogen-bond donors (Lipinski definition) is 1. The molecule has 0 aliphatic carbocycles. The number of carbonyl (C=O) groups excluding carboxylic acids is 2. The number of esters is 2. The van der Waals surface area contributed by atoms with Crippen LogP contribution in [0.1, 0.15) is 31.8 Å². The molecule has 0 saturated heterocycles. The van der Waals surface area contributed by atoms with Crippen LogP contribution in [0, 0.1) is 13.8 Å². The van der Waals surface area contributed by atoms with Gasteiger partial charge in [-0.15, -0.1) is 0 Å². The maximum atomic E-state index is 12.9. The van der Waals surface area contributed by atoms with Crippen molar-refractivity contribution in [2.24, 2.45) is 0 Å². The quantitative estimate of drug-likeness (QED) is 0.757. The van der Waals surface area contributed by atoms with Gasteiger partial charge in [-0.05, 0) is 55.3 Å². The van der Waals surface area contributed by atoms with E-state index in [1.54, 1.807) is 13.8 Å². The minimum absolute atomic E-state index is 0.00341. The average Bonchev–Trinajstić information content (AvgIpc) is 2.62. The lowest BCUT2D eigenvalue weighted by molar-refractivity contribution is 0.0587. The van der Waals surface area contributed by atoms with Crippen LogP contribution in [0.5, 0.6) is 0 Å². The van der Waals surface area contributed by atoms with E-state index in [4.69, 9.17) is 11.6 Å². The first-order valence-electron chi connectivity index (χ1n) is 7.71. The number of methoxy groups -OCH3 is 2. The number of carbonyl (C=O) groups is 2. The van der Waals surface area contributed by atoms with Gasteiger partial charge >= 0.3 is 11.9 Å². The molecule has 2 aromatic carbocycles. The summed E-state index contributed by atoms with van der Waals surface area (Å²) in [7, 11) is -1.70. The molecule has 1 N–H and O–H groups in total. The maximum absolute atomic E-state index is 12.9. The molecule has 2 aromatic rings. The first kappa shape index (κ1) is 20.7. The van der Waals surface area contributed by atoms with Gasteiger partial charge in [0.25, 0.3) is 10.0 Å². The predicted octanol–water partition coefficient (Wildman–Crippen LogP) is 3.33. The number of hydrogen-bond acceptors (Lipinski definition) is 6. The van der Waals surface area contributed by atoms with Crippen LogP contribution in [-0.2, 0) is 19.5 Å². The monoisotopic (exact) mass is 411 g/mol. The van der Waals surface area contributed by atoms with Crippen molar-refractivity contribution in [1.82, 2.24) is 0 Å². The number of halogens is 1. The van der Waals surface area contributed by atoms with E-state index in [-0.39, 0.29) is 21.7 Å². The number of ether oxygens (including phenoxy) is 2. The molecule has 0 heterocycles. The summed E-state index contributed by atoms with van der Waals surface area (Å²) in [5.74, 6) is -1.43. The summed E-state index contributed by atoms with van der Waals surface area (Å²) in [5.41, 5.74) is 0.946. The van der Waals surface area contributed by atoms with Gasteiger partial charge in [-0.1, -0.05) is 11.6 Å². The van der Waals surface area contributed by atoms with Gasteiger partial charge in [0.05, 0.1) is 35.9 Å². The molecular weight excluding hydrogens is 394 g/mol. The highest BCUT2D eigenvalue weighted by Crippen LogP contribution is 2.27. The van der Waals surface area contributed by atoms with Crippen molar-refractivity contribution in [3.8, 4) is 0 Å². The zero-order valence-corrected chi connectivity index (χ0v) is 16.7. The minimum Gasteiger partial charge on any atom is -0.465 e. The Bertz CT molecular complexity index is 1020. The summed E-state index contributed by atoms with van der Waals surface area (Å²) in [6, 6.07) is 6.82. The third-order valence-corrected chi connectivity index (χ3v) is 5.75. The minimum atomic E-state index is -4.07. The van der Waals surface area contributed by atoms with Crippen molar-refractivity contribution in [1.29, 1.82) is 0 Å². The summed E-state index contributed by atoms with van der Waals surface area (Å²) < 4.78 is 37.4. The molecule has 0 unspecified atom stereocenters. The average molecular weight is 412 g/mol. The van der Waals surface area contributed by atoms with E-state index in [1.165, 1.54) is 44.6 Å². The highest BCUT2D eigenvalue weighted by atomic mass is 35.5. The number of aryl methyl sites for hydroxylation is 2. The fourth-order valence-corrected chi connectivity index (χ4v) is 4.01. The Kier molecular flexibility index (Phi) is 6.12. The predicted molar refractivity (Wildman–Crippen MR) is 101 cm³/mol. The molecule has 0 atom stereocenters. The molecule has 0 aliphatic rings. The summed E-state index contributed by atoms with van der Waals surface area (Å²) in [6.45, 7) is 3.28. The molecule has 0 fully saturated rings. The van der Waals surface area contributed by atoms with Crippen LogP contribution in [0.4, 0.5) is 5.69 Å². The summed E-state index contributed by atoms with van der Waals surface area (Å²) in [6.07, 6.45) is 0. The Morgan fingerprint density at radius 3 is 2.19 bits per heavy atom. The Labute approximate surface area is 162 Å². The highest BCUT2D eigenvalue weighted by Gasteiger charge is 2.23. The zero-order chi connectivity index (χ0) is 20.4. The SMILES string of the molecule is COC(=O)c1ccc(C(=O)OC)c(NS(=O)(=O)c2cc(C)c(Cl)cc2C)c1. The van der Waals surface area contributed by atoms with Crippen LogP contribution < -0.4 is 4.72 Å². The van der Waals surface area contributed by atoms with Gasteiger partial charge in [-0.3, -0.25) is 4.72 Å². The normalized spacial score (nSPS) is 11.0. The molecule has 0 spiro atoms.